The minimum Gasteiger partial charge on any atom is -0.441 e. The maximum atomic E-state index is 14.0. The topological polar surface area (TPSA) is 88.5 Å². The minimum absolute atomic E-state index is 0.0437. The molecule has 3 aromatic rings. The highest BCUT2D eigenvalue weighted by Gasteiger charge is 2.25. The number of hydrogen-bond donors (Lipinski definition) is 0. The van der Waals surface area contributed by atoms with Crippen LogP contribution in [-0.2, 0) is 11.2 Å². The summed E-state index contributed by atoms with van der Waals surface area (Å²) in [5.74, 6) is 0.772. The molecular formula is C19H20FN5O3. The van der Waals surface area contributed by atoms with Crippen molar-refractivity contribution >= 4 is 11.9 Å². The van der Waals surface area contributed by atoms with E-state index in [1.54, 1.807) is 36.9 Å². The summed E-state index contributed by atoms with van der Waals surface area (Å²) in [4.78, 5) is 20.8. The van der Waals surface area contributed by atoms with E-state index in [4.69, 9.17) is 8.83 Å². The molecule has 146 valence electrons. The summed E-state index contributed by atoms with van der Waals surface area (Å²) in [5.41, 5.74) is 0.811. The average Bonchev–Trinajstić information content (AvgIpc) is 3.28. The zero-order valence-electron chi connectivity index (χ0n) is 15.7. The minimum atomic E-state index is -0.408. The molecule has 0 unspecified atom stereocenters. The van der Waals surface area contributed by atoms with Gasteiger partial charge >= 0.3 is 6.01 Å². The number of aromatic nitrogens is 3. The number of oxazole rings is 1. The second kappa shape index (κ2) is 7.41. The van der Waals surface area contributed by atoms with Crippen LogP contribution in [0.5, 0.6) is 0 Å². The van der Waals surface area contributed by atoms with Crippen LogP contribution in [0, 0.1) is 19.7 Å². The molecule has 1 aliphatic rings. The standard InChI is InChI=1S/C19H20FN5O3/c1-12-16(21-18(27-12)14-5-3-4-6-15(14)20)11-17(26)24-7-9-25(10-8-24)19-23-22-13(2)28-19/h3-6H,7-11H2,1-2H3. The molecule has 1 aliphatic heterocycles. The Morgan fingerprint density at radius 3 is 2.54 bits per heavy atom. The zero-order chi connectivity index (χ0) is 19.7. The fourth-order valence-electron chi connectivity index (χ4n) is 3.16. The van der Waals surface area contributed by atoms with E-state index in [2.05, 4.69) is 15.2 Å². The third kappa shape index (κ3) is 3.60. The Balaban J connectivity index is 1.40. The average molecular weight is 385 g/mol. The molecule has 0 aliphatic carbocycles. The SMILES string of the molecule is Cc1nnc(N2CCN(C(=O)Cc3nc(-c4ccccc4F)oc3C)CC2)o1. The number of anilines is 1. The van der Waals surface area contributed by atoms with E-state index in [9.17, 15) is 9.18 Å². The summed E-state index contributed by atoms with van der Waals surface area (Å²) in [6.45, 7) is 5.81. The van der Waals surface area contributed by atoms with Gasteiger partial charge in [-0.05, 0) is 19.1 Å². The first-order valence-corrected chi connectivity index (χ1v) is 9.05. The molecule has 4 rings (SSSR count). The first-order valence-electron chi connectivity index (χ1n) is 9.05. The zero-order valence-corrected chi connectivity index (χ0v) is 15.7. The fraction of sp³-hybridized carbons (Fsp3) is 0.368. The highest BCUT2D eigenvalue weighted by atomic mass is 19.1. The molecule has 0 N–H and O–H groups in total. The van der Waals surface area contributed by atoms with Crippen molar-refractivity contribution in [1.29, 1.82) is 0 Å². The summed E-state index contributed by atoms with van der Waals surface area (Å²) in [7, 11) is 0. The summed E-state index contributed by atoms with van der Waals surface area (Å²) in [6, 6.07) is 6.75. The summed E-state index contributed by atoms with van der Waals surface area (Å²) in [5, 5.41) is 7.84. The second-order valence-corrected chi connectivity index (χ2v) is 6.65. The van der Waals surface area contributed by atoms with Crippen molar-refractivity contribution in [3.63, 3.8) is 0 Å². The fourth-order valence-corrected chi connectivity index (χ4v) is 3.16. The van der Waals surface area contributed by atoms with Crippen LogP contribution < -0.4 is 4.90 Å². The van der Waals surface area contributed by atoms with Gasteiger partial charge in [0.05, 0.1) is 17.7 Å². The van der Waals surface area contributed by atoms with Gasteiger partial charge in [0.15, 0.2) is 0 Å². The van der Waals surface area contributed by atoms with Gasteiger partial charge in [-0.2, -0.15) is 0 Å². The number of piperazine rings is 1. The summed E-state index contributed by atoms with van der Waals surface area (Å²) in [6.07, 6.45) is 0.115. The highest BCUT2D eigenvalue weighted by molar-refractivity contribution is 5.79. The Kier molecular flexibility index (Phi) is 4.81. The molecule has 1 amide bonds. The predicted molar refractivity (Wildman–Crippen MR) is 98.2 cm³/mol. The van der Waals surface area contributed by atoms with Crippen LogP contribution in [0.25, 0.3) is 11.5 Å². The van der Waals surface area contributed by atoms with Crippen molar-refractivity contribution in [3.8, 4) is 11.5 Å². The van der Waals surface area contributed by atoms with Crippen molar-refractivity contribution in [2.45, 2.75) is 20.3 Å². The van der Waals surface area contributed by atoms with Crippen LogP contribution in [-0.4, -0.2) is 52.2 Å². The number of rotatable bonds is 4. The largest absolute Gasteiger partial charge is 0.441 e. The van der Waals surface area contributed by atoms with E-state index in [0.29, 0.717) is 49.5 Å². The van der Waals surface area contributed by atoms with Crippen molar-refractivity contribution in [1.82, 2.24) is 20.1 Å². The monoisotopic (exact) mass is 385 g/mol. The van der Waals surface area contributed by atoms with Gasteiger partial charge in [0.2, 0.25) is 17.7 Å². The first kappa shape index (κ1) is 18.1. The van der Waals surface area contributed by atoms with Gasteiger partial charge < -0.3 is 18.6 Å². The Labute approximate surface area is 161 Å². The van der Waals surface area contributed by atoms with E-state index >= 15 is 0 Å². The predicted octanol–water partition coefficient (Wildman–Crippen LogP) is 2.37. The van der Waals surface area contributed by atoms with Crippen LogP contribution >= 0.6 is 0 Å². The Hall–Kier alpha value is -3.23. The molecule has 0 radical (unpaired) electrons. The molecule has 0 spiro atoms. The Morgan fingerprint density at radius 2 is 1.86 bits per heavy atom. The summed E-state index contributed by atoms with van der Waals surface area (Å²) >= 11 is 0. The number of halogens is 1. The molecule has 1 aromatic carbocycles. The van der Waals surface area contributed by atoms with Gasteiger partial charge in [0.1, 0.15) is 11.6 Å². The maximum Gasteiger partial charge on any atom is 0.318 e. The van der Waals surface area contributed by atoms with Gasteiger partial charge in [0.25, 0.3) is 0 Å². The van der Waals surface area contributed by atoms with Crippen LogP contribution in [0.4, 0.5) is 10.4 Å². The number of hydrogen-bond acceptors (Lipinski definition) is 7. The van der Waals surface area contributed by atoms with Crippen molar-refractivity contribution in [3.05, 3.63) is 47.4 Å². The van der Waals surface area contributed by atoms with Crippen molar-refractivity contribution in [2.24, 2.45) is 0 Å². The number of carbonyl (C=O) groups is 1. The second-order valence-electron chi connectivity index (χ2n) is 6.65. The van der Waals surface area contributed by atoms with E-state index in [-0.39, 0.29) is 23.8 Å². The number of nitrogens with zero attached hydrogens (tertiary/aromatic N) is 5. The molecular weight excluding hydrogens is 365 g/mol. The number of amides is 1. The third-order valence-corrected chi connectivity index (χ3v) is 4.73. The number of benzene rings is 1. The van der Waals surface area contributed by atoms with E-state index in [1.807, 2.05) is 4.90 Å². The van der Waals surface area contributed by atoms with Crippen molar-refractivity contribution < 1.29 is 18.0 Å². The normalized spacial score (nSPS) is 14.5. The molecule has 2 aromatic heterocycles. The smallest absolute Gasteiger partial charge is 0.318 e. The molecule has 0 saturated carbocycles. The van der Waals surface area contributed by atoms with Gasteiger partial charge in [0, 0.05) is 33.1 Å². The molecule has 8 nitrogen and oxygen atoms in total. The lowest BCUT2D eigenvalue weighted by molar-refractivity contribution is -0.130. The molecule has 1 fully saturated rings. The maximum absolute atomic E-state index is 14.0. The molecule has 0 atom stereocenters. The van der Waals surface area contributed by atoms with Crippen molar-refractivity contribution in [2.75, 3.05) is 31.1 Å². The van der Waals surface area contributed by atoms with Gasteiger partial charge in [-0.15, -0.1) is 5.10 Å². The Morgan fingerprint density at radius 1 is 1.11 bits per heavy atom. The van der Waals surface area contributed by atoms with Gasteiger partial charge in [-0.3, -0.25) is 4.79 Å². The third-order valence-electron chi connectivity index (χ3n) is 4.73. The van der Waals surface area contributed by atoms with E-state index in [0.717, 1.165) is 0 Å². The summed E-state index contributed by atoms with van der Waals surface area (Å²) < 4.78 is 25.0. The number of carbonyl (C=O) groups excluding carboxylic acids is 1. The first-order chi connectivity index (χ1) is 13.5. The molecule has 9 heteroatoms. The number of aryl methyl sites for hydroxylation is 2. The van der Waals surface area contributed by atoms with E-state index in [1.165, 1.54) is 6.07 Å². The Bertz CT molecular complexity index is 991. The molecule has 28 heavy (non-hydrogen) atoms. The lowest BCUT2D eigenvalue weighted by Gasteiger charge is -2.33. The quantitative estimate of drug-likeness (QED) is 0.681. The van der Waals surface area contributed by atoms with Crippen LogP contribution in [0.2, 0.25) is 0 Å². The van der Waals surface area contributed by atoms with Gasteiger partial charge in [-0.1, -0.05) is 17.2 Å². The molecule has 1 saturated heterocycles. The molecule has 0 bridgehead atoms. The lowest BCUT2D eigenvalue weighted by Crippen LogP contribution is -2.49. The van der Waals surface area contributed by atoms with Crippen LogP contribution in [0.15, 0.2) is 33.1 Å². The van der Waals surface area contributed by atoms with Gasteiger partial charge in [-0.25, -0.2) is 9.37 Å². The van der Waals surface area contributed by atoms with Crippen LogP contribution in [0.3, 0.4) is 0 Å². The highest BCUT2D eigenvalue weighted by Crippen LogP contribution is 2.25. The van der Waals surface area contributed by atoms with Crippen LogP contribution in [0.1, 0.15) is 17.3 Å². The van der Waals surface area contributed by atoms with E-state index < -0.39 is 5.82 Å². The lowest BCUT2D eigenvalue weighted by atomic mass is 10.2. The molecule has 3 heterocycles.